The van der Waals surface area contributed by atoms with Crippen molar-refractivity contribution in [3.8, 4) is 0 Å². The van der Waals surface area contributed by atoms with Crippen LogP contribution in [0.25, 0.3) is 0 Å². The molecule has 0 amide bonds. The van der Waals surface area contributed by atoms with Crippen LogP contribution in [0.4, 0.5) is 0 Å². The summed E-state index contributed by atoms with van der Waals surface area (Å²) in [4.78, 5) is 0. The van der Waals surface area contributed by atoms with Crippen LogP contribution >= 0.6 is 0 Å². The van der Waals surface area contributed by atoms with Crippen LogP contribution in [0.1, 0.15) is 46.5 Å². The summed E-state index contributed by atoms with van der Waals surface area (Å²) in [5.74, 6) is 0. The van der Waals surface area contributed by atoms with Crippen molar-refractivity contribution in [2.75, 3.05) is 0 Å². The topological polar surface area (TPSA) is 20.2 Å². The Labute approximate surface area is 63.4 Å². The summed E-state index contributed by atoms with van der Waals surface area (Å²) in [6.07, 6.45) is 4.58. The van der Waals surface area contributed by atoms with Crippen LogP contribution in [0.2, 0.25) is 0 Å². The van der Waals surface area contributed by atoms with E-state index < -0.39 is 5.60 Å². The van der Waals surface area contributed by atoms with E-state index in [1.807, 2.05) is 6.92 Å². The summed E-state index contributed by atoms with van der Waals surface area (Å²) >= 11 is 0. The van der Waals surface area contributed by atoms with Crippen LogP contribution in [0.15, 0.2) is 0 Å². The maximum absolute atomic E-state index is 9.90. The van der Waals surface area contributed by atoms with Crippen molar-refractivity contribution in [3.05, 3.63) is 0 Å². The van der Waals surface area contributed by atoms with Gasteiger partial charge >= 0.3 is 0 Å². The minimum atomic E-state index is -0.425. The maximum Gasteiger partial charge on any atom is 0.0670 e. The van der Waals surface area contributed by atoms with Gasteiger partial charge in [-0.25, -0.2) is 0 Å². The van der Waals surface area contributed by atoms with E-state index in [-0.39, 0.29) is 5.41 Å². The molecule has 0 spiro atoms. The Balaban J connectivity index is 2.61. The number of hydrogen-bond donors (Lipinski definition) is 1. The molecule has 0 aliphatic heterocycles. The van der Waals surface area contributed by atoms with Gasteiger partial charge in [0.25, 0.3) is 0 Å². The van der Waals surface area contributed by atoms with Crippen LogP contribution in [0.3, 0.4) is 0 Å². The van der Waals surface area contributed by atoms with Gasteiger partial charge in [-0.05, 0) is 31.6 Å². The van der Waals surface area contributed by atoms with E-state index in [1.54, 1.807) is 0 Å². The van der Waals surface area contributed by atoms with Gasteiger partial charge in [-0.15, -0.1) is 0 Å². The van der Waals surface area contributed by atoms with Crippen molar-refractivity contribution in [1.29, 1.82) is 0 Å². The van der Waals surface area contributed by atoms with Crippen LogP contribution in [0, 0.1) is 5.41 Å². The first-order valence-electron chi connectivity index (χ1n) is 4.24. The fourth-order valence-electron chi connectivity index (χ4n) is 1.67. The summed E-state index contributed by atoms with van der Waals surface area (Å²) in [7, 11) is 0. The molecule has 1 saturated carbocycles. The van der Waals surface area contributed by atoms with Gasteiger partial charge < -0.3 is 5.11 Å². The fraction of sp³-hybridized carbons (Fsp3) is 1.00. The summed E-state index contributed by atoms with van der Waals surface area (Å²) in [5.41, 5.74) is -0.201. The van der Waals surface area contributed by atoms with Crippen LogP contribution in [-0.2, 0) is 0 Å². The Morgan fingerprint density at radius 2 is 2.00 bits per heavy atom. The minimum absolute atomic E-state index is 0.224. The van der Waals surface area contributed by atoms with Gasteiger partial charge in [0.05, 0.1) is 5.60 Å². The molecule has 1 atom stereocenters. The largest absolute Gasteiger partial charge is 0.390 e. The Kier molecular flexibility index (Phi) is 1.80. The average Bonchev–Trinajstić information content (AvgIpc) is 1.82. The van der Waals surface area contributed by atoms with E-state index >= 15 is 0 Å². The third kappa shape index (κ3) is 0.968. The van der Waals surface area contributed by atoms with Gasteiger partial charge in [0, 0.05) is 0 Å². The monoisotopic (exact) mass is 142 g/mol. The van der Waals surface area contributed by atoms with Crippen molar-refractivity contribution < 1.29 is 5.11 Å². The Morgan fingerprint density at radius 1 is 1.50 bits per heavy atom. The average molecular weight is 142 g/mol. The third-order valence-electron chi connectivity index (χ3n) is 3.45. The quantitative estimate of drug-likeness (QED) is 0.627. The number of rotatable bonds is 2. The molecular formula is C9H18O. The predicted molar refractivity (Wildman–Crippen MR) is 42.9 cm³/mol. The second-order valence-electron chi connectivity index (χ2n) is 4.04. The molecular weight excluding hydrogens is 124 g/mol. The first-order valence-corrected chi connectivity index (χ1v) is 4.24. The standard InChI is InChI=1S/C9H18O/c1-4-9(3,10)8(2)6-5-7-8/h10H,4-7H2,1-3H3. The zero-order valence-electron chi connectivity index (χ0n) is 7.28. The molecule has 0 saturated heterocycles. The predicted octanol–water partition coefficient (Wildman–Crippen LogP) is 2.34. The van der Waals surface area contributed by atoms with Crippen molar-refractivity contribution in [1.82, 2.24) is 0 Å². The summed E-state index contributed by atoms with van der Waals surface area (Å²) in [6.45, 7) is 6.22. The molecule has 1 heteroatoms. The van der Waals surface area contributed by atoms with Gasteiger partial charge in [-0.1, -0.05) is 20.3 Å². The first-order chi connectivity index (χ1) is 4.52. The zero-order chi connectivity index (χ0) is 7.83. The van der Waals surface area contributed by atoms with Crippen LogP contribution in [0.5, 0.6) is 0 Å². The summed E-state index contributed by atoms with van der Waals surface area (Å²) in [6, 6.07) is 0. The molecule has 0 heterocycles. The van der Waals surface area contributed by atoms with Crippen LogP contribution < -0.4 is 0 Å². The molecule has 1 rings (SSSR count). The Morgan fingerprint density at radius 3 is 2.10 bits per heavy atom. The zero-order valence-corrected chi connectivity index (χ0v) is 7.28. The third-order valence-corrected chi connectivity index (χ3v) is 3.45. The van der Waals surface area contributed by atoms with E-state index in [4.69, 9.17) is 0 Å². The molecule has 1 unspecified atom stereocenters. The van der Waals surface area contributed by atoms with Gasteiger partial charge in [0.15, 0.2) is 0 Å². The first kappa shape index (κ1) is 8.06. The van der Waals surface area contributed by atoms with Crippen molar-refractivity contribution >= 4 is 0 Å². The summed E-state index contributed by atoms with van der Waals surface area (Å²) in [5, 5.41) is 9.90. The van der Waals surface area contributed by atoms with Gasteiger partial charge in [0.1, 0.15) is 0 Å². The van der Waals surface area contributed by atoms with Crippen LogP contribution in [-0.4, -0.2) is 10.7 Å². The normalized spacial score (nSPS) is 28.8. The highest BCUT2D eigenvalue weighted by Crippen LogP contribution is 2.49. The molecule has 1 N–H and O–H groups in total. The molecule has 10 heavy (non-hydrogen) atoms. The van der Waals surface area contributed by atoms with Gasteiger partial charge in [-0.3, -0.25) is 0 Å². The lowest BCUT2D eigenvalue weighted by atomic mass is 9.60. The smallest absolute Gasteiger partial charge is 0.0670 e. The van der Waals surface area contributed by atoms with E-state index in [2.05, 4.69) is 13.8 Å². The van der Waals surface area contributed by atoms with Crippen molar-refractivity contribution in [3.63, 3.8) is 0 Å². The molecule has 1 fully saturated rings. The lowest BCUT2D eigenvalue weighted by Crippen LogP contribution is -2.47. The molecule has 1 aliphatic carbocycles. The maximum atomic E-state index is 9.90. The second-order valence-corrected chi connectivity index (χ2v) is 4.04. The molecule has 60 valence electrons. The second kappa shape index (κ2) is 2.23. The lowest BCUT2D eigenvalue weighted by Gasteiger charge is -2.49. The van der Waals surface area contributed by atoms with E-state index in [0.29, 0.717) is 0 Å². The fourth-order valence-corrected chi connectivity index (χ4v) is 1.67. The van der Waals surface area contributed by atoms with E-state index in [1.165, 1.54) is 19.3 Å². The molecule has 0 bridgehead atoms. The highest BCUT2D eigenvalue weighted by molar-refractivity contribution is 4.97. The highest BCUT2D eigenvalue weighted by atomic mass is 16.3. The van der Waals surface area contributed by atoms with E-state index in [0.717, 1.165) is 6.42 Å². The lowest BCUT2D eigenvalue weighted by molar-refractivity contribution is -0.106. The molecule has 0 radical (unpaired) electrons. The molecule has 0 aromatic rings. The summed E-state index contributed by atoms with van der Waals surface area (Å²) < 4.78 is 0. The van der Waals surface area contributed by atoms with Gasteiger partial charge in [0.2, 0.25) is 0 Å². The number of hydrogen-bond acceptors (Lipinski definition) is 1. The SMILES string of the molecule is CCC(C)(O)C1(C)CCC1. The van der Waals surface area contributed by atoms with E-state index in [9.17, 15) is 5.11 Å². The van der Waals surface area contributed by atoms with Crippen molar-refractivity contribution in [2.45, 2.75) is 52.1 Å². The molecule has 1 nitrogen and oxygen atoms in total. The Hall–Kier alpha value is -0.0400. The van der Waals surface area contributed by atoms with Crippen molar-refractivity contribution in [2.24, 2.45) is 5.41 Å². The molecule has 1 aliphatic rings. The highest BCUT2D eigenvalue weighted by Gasteiger charge is 2.45. The van der Waals surface area contributed by atoms with Gasteiger partial charge in [-0.2, -0.15) is 0 Å². The molecule has 0 aromatic heterocycles. The minimum Gasteiger partial charge on any atom is -0.390 e. The number of aliphatic hydroxyl groups is 1. The Bertz CT molecular complexity index is 113. The molecule has 0 aromatic carbocycles.